The molecule has 0 heterocycles. The second-order valence-electron chi connectivity index (χ2n) is 6.52. The number of hydrogen-bond donors (Lipinski definition) is 0. The summed E-state index contributed by atoms with van der Waals surface area (Å²) < 4.78 is 10.8. The molecule has 0 aliphatic carbocycles. The van der Waals surface area contributed by atoms with Crippen molar-refractivity contribution in [1.82, 2.24) is 0 Å². The standard InChI is InChI=1S/C18H28O3/c1-6-7-8-14-9-11-15(12-10-14)17(19)21-16(13-20-5)18(2,3)4/h9-12,16H,6-8,13H2,1-5H3. The van der Waals surface area contributed by atoms with E-state index in [-0.39, 0.29) is 17.5 Å². The lowest BCUT2D eigenvalue weighted by Gasteiger charge is -2.29. The molecular formula is C18H28O3. The number of carbonyl (C=O) groups is 1. The van der Waals surface area contributed by atoms with Gasteiger partial charge in [0, 0.05) is 12.5 Å². The quantitative estimate of drug-likeness (QED) is 0.705. The highest BCUT2D eigenvalue weighted by atomic mass is 16.6. The SMILES string of the molecule is CCCCc1ccc(C(=O)OC(COC)C(C)(C)C)cc1. The molecule has 0 saturated heterocycles. The zero-order chi connectivity index (χ0) is 15.9. The van der Waals surface area contributed by atoms with E-state index in [0.717, 1.165) is 6.42 Å². The van der Waals surface area contributed by atoms with E-state index in [1.54, 1.807) is 7.11 Å². The van der Waals surface area contributed by atoms with Crippen molar-refractivity contribution < 1.29 is 14.3 Å². The highest BCUT2D eigenvalue weighted by Gasteiger charge is 2.28. The molecule has 0 aliphatic heterocycles. The molecule has 1 aromatic carbocycles. The summed E-state index contributed by atoms with van der Waals surface area (Å²) in [6, 6.07) is 7.71. The Kier molecular flexibility index (Phi) is 6.90. The molecule has 0 bridgehead atoms. The van der Waals surface area contributed by atoms with E-state index >= 15 is 0 Å². The number of methoxy groups -OCH3 is 1. The first kappa shape index (κ1) is 17.7. The number of rotatable bonds is 7. The average molecular weight is 292 g/mol. The molecule has 21 heavy (non-hydrogen) atoms. The van der Waals surface area contributed by atoms with Crippen molar-refractivity contribution in [1.29, 1.82) is 0 Å². The molecule has 3 heteroatoms. The number of benzene rings is 1. The monoisotopic (exact) mass is 292 g/mol. The molecule has 0 aromatic heterocycles. The lowest BCUT2D eigenvalue weighted by Crippen LogP contribution is -2.35. The van der Waals surface area contributed by atoms with Gasteiger partial charge in [0.15, 0.2) is 0 Å². The lowest BCUT2D eigenvalue weighted by atomic mass is 9.89. The van der Waals surface area contributed by atoms with Crippen LogP contribution in [-0.2, 0) is 15.9 Å². The largest absolute Gasteiger partial charge is 0.456 e. The van der Waals surface area contributed by atoms with Gasteiger partial charge in [-0.2, -0.15) is 0 Å². The van der Waals surface area contributed by atoms with Gasteiger partial charge >= 0.3 is 5.97 Å². The summed E-state index contributed by atoms with van der Waals surface area (Å²) in [5.41, 5.74) is 1.71. The predicted octanol–water partition coefficient (Wildman–Crippen LogP) is 4.25. The first-order valence-electron chi connectivity index (χ1n) is 7.67. The van der Waals surface area contributed by atoms with Crippen molar-refractivity contribution in [3.63, 3.8) is 0 Å². The maximum Gasteiger partial charge on any atom is 0.338 e. The molecule has 1 aromatic rings. The molecule has 1 rings (SSSR count). The summed E-state index contributed by atoms with van der Waals surface area (Å²) in [4.78, 5) is 12.2. The smallest absolute Gasteiger partial charge is 0.338 e. The summed E-state index contributed by atoms with van der Waals surface area (Å²) >= 11 is 0. The molecule has 0 spiro atoms. The minimum absolute atomic E-state index is 0.146. The molecule has 1 atom stereocenters. The van der Waals surface area contributed by atoms with Crippen LogP contribution in [0.25, 0.3) is 0 Å². The third-order valence-electron chi connectivity index (χ3n) is 3.54. The highest BCUT2D eigenvalue weighted by molar-refractivity contribution is 5.89. The number of carbonyl (C=O) groups excluding carboxylic acids is 1. The van der Waals surface area contributed by atoms with Crippen molar-refractivity contribution >= 4 is 5.97 Å². The summed E-state index contributed by atoms with van der Waals surface area (Å²) in [7, 11) is 1.62. The van der Waals surface area contributed by atoms with Gasteiger partial charge in [0.25, 0.3) is 0 Å². The molecule has 0 N–H and O–H groups in total. The topological polar surface area (TPSA) is 35.5 Å². The van der Waals surface area contributed by atoms with Gasteiger partial charge in [-0.15, -0.1) is 0 Å². The average Bonchev–Trinajstić information content (AvgIpc) is 2.44. The summed E-state index contributed by atoms with van der Waals surface area (Å²) in [5.74, 6) is -0.283. The molecule has 0 radical (unpaired) electrons. The third-order valence-corrected chi connectivity index (χ3v) is 3.54. The van der Waals surface area contributed by atoms with E-state index in [1.165, 1.54) is 18.4 Å². The van der Waals surface area contributed by atoms with E-state index in [9.17, 15) is 4.79 Å². The third kappa shape index (κ3) is 5.88. The van der Waals surface area contributed by atoms with Crippen molar-refractivity contribution in [3.8, 4) is 0 Å². The van der Waals surface area contributed by atoms with Crippen molar-refractivity contribution in [2.75, 3.05) is 13.7 Å². The Morgan fingerprint density at radius 3 is 2.29 bits per heavy atom. The molecule has 118 valence electrons. The van der Waals surface area contributed by atoms with Crippen LogP contribution in [0.5, 0.6) is 0 Å². The van der Waals surface area contributed by atoms with Gasteiger partial charge < -0.3 is 9.47 Å². The number of aryl methyl sites for hydroxylation is 1. The lowest BCUT2D eigenvalue weighted by molar-refractivity contribution is -0.0351. The Bertz CT molecular complexity index is 429. The minimum Gasteiger partial charge on any atom is -0.456 e. The van der Waals surface area contributed by atoms with Crippen molar-refractivity contribution in [2.45, 2.75) is 53.1 Å². The Balaban J connectivity index is 2.69. The van der Waals surface area contributed by atoms with E-state index in [2.05, 4.69) is 6.92 Å². The number of ether oxygens (including phenoxy) is 2. The summed E-state index contributed by atoms with van der Waals surface area (Å²) in [6.45, 7) is 8.70. The van der Waals surface area contributed by atoms with Gasteiger partial charge in [-0.25, -0.2) is 4.79 Å². The Morgan fingerprint density at radius 2 is 1.81 bits per heavy atom. The van der Waals surface area contributed by atoms with Gasteiger partial charge in [-0.1, -0.05) is 46.2 Å². The highest BCUT2D eigenvalue weighted by Crippen LogP contribution is 2.23. The van der Waals surface area contributed by atoms with Crippen LogP contribution in [0.3, 0.4) is 0 Å². The molecular weight excluding hydrogens is 264 g/mol. The summed E-state index contributed by atoms with van der Waals surface area (Å²) in [6.07, 6.45) is 3.15. The molecule has 0 fully saturated rings. The van der Waals surface area contributed by atoms with E-state index < -0.39 is 0 Å². The van der Waals surface area contributed by atoms with Crippen LogP contribution in [0.15, 0.2) is 24.3 Å². The maximum atomic E-state index is 12.2. The fourth-order valence-corrected chi connectivity index (χ4v) is 2.00. The fraction of sp³-hybridized carbons (Fsp3) is 0.611. The van der Waals surface area contributed by atoms with Crippen LogP contribution in [-0.4, -0.2) is 25.8 Å². The van der Waals surface area contributed by atoms with Gasteiger partial charge in [-0.3, -0.25) is 0 Å². The number of unbranched alkanes of at least 4 members (excludes halogenated alkanes) is 1. The van der Waals surface area contributed by atoms with Gasteiger partial charge in [0.2, 0.25) is 0 Å². The molecule has 1 unspecified atom stereocenters. The number of hydrogen-bond acceptors (Lipinski definition) is 3. The van der Waals surface area contributed by atoms with E-state index in [4.69, 9.17) is 9.47 Å². The zero-order valence-electron chi connectivity index (χ0n) is 13.9. The summed E-state index contributed by atoms with van der Waals surface area (Å²) in [5, 5.41) is 0. The predicted molar refractivity (Wildman–Crippen MR) is 85.6 cm³/mol. The van der Waals surface area contributed by atoms with Crippen LogP contribution in [0, 0.1) is 5.41 Å². The Labute approximate surface area is 128 Å². The fourth-order valence-electron chi connectivity index (χ4n) is 2.00. The second kappa shape index (κ2) is 8.18. The first-order chi connectivity index (χ1) is 9.88. The van der Waals surface area contributed by atoms with Gasteiger partial charge in [-0.05, 0) is 30.5 Å². The second-order valence-corrected chi connectivity index (χ2v) is 6.52. The first-order valence-corrected chi connectivity index (χ1v) is 7.67. The van der Waals surface area contributed by atoms with Crippen LogP contribution in [0.1, 0.15) is 56.5 Å². The Hall–Kier alpha value is -1.35. The van der Waals surface area contributed by atoms with Crippen LogP contribution < -0.4 is 0 Å². The maximum absolute atomic E-state index is 12.2. The molecule has 0 saturated carbocycles. The van der Waals surface area contributed by atoms with E-state index in [0.29, 0.717) is 12.2 Å². The zero-order valence-corrected chi connectivity index (χ0v) is 13.9. The van der Waals surface area contributed by atoms with E-state index in [1.807, 2.05) is 45.0 Å². The Morgan fingerprint density at radius 1 is 1.19 bits per heavy atom. The van der Waals surface area contributed by atoms with Crippen LogP contribution >= 0.6 is 0 Å². The van der Waals surface area contributed by atoms with Crippen LogP contribution in [0.2, 0.25) is 0 Å². The number of esters is 1. The minimum atomic E-state index is -0.283. The van der Waals surface area contributed by atoms with Crippen molar-refractivity contribution in [2.24, 2.45) is 5.41 Å². The van der Waals surface area contributed by atoms with Gasteiger partial charge in [0.05, 0.1) is 12.2 Å². The molecule has 0 aliphatic rings. The van der Waals surface area contributed by atoms with Gasteiger partial charge in [0.1, 0.15) is 6.10 Å². The van der Waals surface area contributed by atoms with Crippen molar-refractivity contribution in [3.05, 3.63) is 35.4 Å². The molecule has 3 nitrogen and oxygen atoms in total. The van der Waals surface area contributed by atoms with Crippen LogP contribution in [0.4, 0.5) is 0 Å². The normalized spacial score (nSPS) is 13.0. The molecule has 0 amide bonds.